The zero-order valence-electron chi connectivity index (χ0n) is 8.25. The molecule has 0 bridgehead atoms. The van der Waals surface area contributed by atoms with Gasteiger partial charge in [0.1, 0.15) is 25.2 Å². The van der Waals surface area contributed by atoms with E-state index in [1.165, 1.54) is 12.3 Å². The predicted molar refractivity (Wildman–Crippen MR) is 51.7 cm³/mol. The van der Waals surface area contributed by atoms with Gasteiger partial charge in [-0.2, -0.15) is 0 Å². The summed E-state index contributed by atoms with van der Waals surface area (Å²) >= 11 is 0. The molecular formula is C10H9NO5. The lowest BCUT2D eigenvalue weighted by Gasteiger charge is -2.02. The van der Waals surface area contributed by atoms with Crippen LogP contribution in [0.3, 0.4) is 0 Å². The van der Waals surface area contributed by atoms with Crippen molar-refractivity contribution in [3.8, 4) is 5.75 Å². The van der Waals surface area contributed by atoms with Crippen molar-refractivity contribution in [1.29, 1.82) is 0 Å². The van der Waals surface area contributed by atoms with Gasteiger partial charge in [-0.15, -0.1) is 0 Å². The Morgan fingerprint density at radius 1 is 1.44 bits per heavy atom. The number of aromatic nitrogens is 1. The van der Waals surface area contributed by atoms with E-state index >= 15 is 0 Å². The van der Waals surface area contributed by atoms with Crippen LogP contribution in [-0.4, -0.2) is 10.3 Å². The minimum atomic E-state index is -0.352. The minimum absolute atomic E-state index is 0.0635. The van der Waals surface area contributed by atoms with Gasteiger partial charge in [0.25, 0.3) is 0 Å². The summed E-state index contributed by atoms with van der Waals surface area (Å²) in [6.07, 6.45) is 2.64. The Morgan fingerprint density at radius 3 is 2.94 bits per heavy atom. The van der Waals surface area contributed by atoms with E-state index in [1.54, 1.807) is 6.07 Å². The molecule has 2 rings (SSSR count). The van der Waals surface area contributed by atoms with Crippen LogP contribution in [0.25, 0.3) is 0 Å². The van der Waals surface area contributed by atoms with Gasteiger partial charge >= 0.3 is 0 Å². The summed E-state index contributed by atoms with van der Waals surface area (Å²) < 4.78 is 14.9. The topological polar surface area (TPSA) is 85.7 Å². The highest BCUT2D eigenvalue weighted by atomic mass is 16.5. The van der Waals surface area contributed by atoms with Crippen LogP contribution in [0.15, 0.2) is 38.3 Å². The van der Waals surface area contributed by atoms with Crippen molar-refractivity contribution in [2.45, 2.75) is 13.2 Å². The molecule has 0 aromatic carbocycles. The number of hydrogen-bond acceptors (Lipinski definition) is 6. The van der Waals surface area contributed by atoms with Crippen LogP contribution in [0.4, 0.5) is 0 Å². The molecule has 0 fully saturated rings. The minimum Gasteiger partial charge on any atom is -0.478 e. The summed E-state index contributed by atoms with van der Waals surface area (Å²) in [5.74, 6) is 0.760. The maximum atomic E-state index is 11.4. The Kier molecular flexibility index (Phi) is 3.02. The van der Waals surface area contributed by atoms with Crippen molar-refractivity contribution in [1.82, 2.24) is 5.16 Å². The first-order valence-corrected chi connectivity index (χ1v) is 4.54. The first kappa shape index (κ1) is 10.4. The summed E-state index contributed by atoms with van der Waals surface area (Å²) in [7, 11) is 0. The molecular weight excluding hydrogens is 214 g/mol. The number of aliphatic hydroxyl groups is 1. The lowest BCUT2D eigenvalue weighted by molar-refractivity contribution is 0.225. The van der Waals surface area contributed by atoms with Crippen LogP contribution in [0.1, 0.15) is 11.5 Å². The van der Waals surface area contributed by atoms with Crippen molar-refractivity contribution in [3.05, 3.63) is 46.3 Å². The largest absolute Gasteiger partial charge is 0.478 e. The number of hydrogen-bond donors (Lipinski definition) is 1. The van der Waals surface area contributed by atoms with E-state index in [9.17, 15) is 4.79 Å². The van der Waals surface area contributed by atoms with Crippen molar-refractivity contribution >= 4 is 0 Å². The molecule has 0 aliphatic heterocycles. The maximum Gasteiger partial charge on any atom is 0.227 e. The number of nitrogens with zero attached hydrogens (tertiary/aromatic N) is 1. The van der Waals surface area contributed by atoms with Crippen LogP contribution in [0, 0.1) is 0 Å². The van der Waals surface area contributed by atoms with E-state index in [0.717, 1.165) is 6.26 Å². The van der Waals surface area contributed by atoms with E-state index < -0.39 is 0 Å². The van der Waals surface area contributed by atoms with E-state index in [0.29, 0.717) is 5.76 Å². The second-order valence-electron chi connectivity index (χ2n) is 3.00. The average Bonchev–Trinajstić information content (AvgIpc) is 2.80. The van der Waals surface area contributed by atoms with Crippen LogP contribution in [0.2, 0.25) is 0 Å². The first-order chi connectivity index (χ1) is 7.79. The van der Waals surface area contributed by atoms with Gasteiger partial charge in [-0.3, -0.25) is 4.79 Å². The van der Waals surface area contributed by atoms with Gasteiger partial charge in [0.2, 0.25) is 11.2 Å². The molecule has 16 heavy (non-hydrogen) atoms. The summed E-state index contributed by atoms with van der Waals surface area (Å²) in [6.45, 7) is -0.221. The molecule has 84 valence electrons. The van der Waals surface area contributed by atoms with Crippen molar-refractivity contribution in [3.63, 3.8) is 0 Å². The highest BCUT2D eigenvalue weighted by Gasteiger charge is 2.05. The van der Waals surface area contributed by atoms with E-state index in [-0.39, 0.29) is 30.2 Å². The Balaban J connectivity index is 2.07. The Labute approximate surface area is 90.1 Å². The molecule has 2 aromatic rings. The van der Waals surface area contributed by atoms with Gasteiger partial charge in [0.15, 0.2) is 5.76 Å². The summed E-state index contributed by atoms with van der Waals surface area (Å²) in [5.41, 5.74) is -0.352. The van der Waals surface area contributed by atoms with Gasteiger partial charge in [-0.1, -0.05) is 5.16 Å². The zero-order valence-corrected chi connectivity index (χ0v) is 8.25. The summed E-state index contributed by atoms with van der Waals surface area (Å²) in [6, 6.07) is 2.80. The average molecular weight is 223 g/mol. The molecule has 0 aliphatic rings. The van der Waals surface area contributed by atoms with E-state index in [2.05, 4.69) is 5.16 Å². The van der Waals surface area contributed by atoms with Gasteiger partial charge in [-0.05, 0) is 0 Å². The number of ether oxygens (including phenoxy) is 1. The Hall–Kier alpha value is -2.08. The molecule has 0 radical (unpaired) electrons. The Bertz CT molecular complexity index is 502. The molecule has 0 saturated carbocycles. The predicted octanol–water partition coefficient (Wildman–Crippen LogP) is 0.699. The standard InChI is InChI=1S/C10H9NO5/c12-4-8-3-9(13)10(6-14-8)15-5-7-1-2-11-16-7/h1-3,6,12H,4-5H2. The van der Waals surface area contributed by atoms with Crippen molar-refractivity contribution < 1.29 is 18.8 Å². The highest BCUT2D eigenvalue weighted by Crippen LogP contribution is 2.08. The molecule has 0 amide bonds. The monoisotopic (exact) mass is 223 g/mol. The van der Waals surface area contributed by atoms with Gasteiger partial charge < -0.3 is 18.8 Å². The third-order valence-electron chi connectivity index (χ3n) is 1.87. The lowest BCUT2D eigenvalue weighted by atomic mass is 10.4. The molecule has 2 aromatic heterocycles. The van der Waals surface area contributed by atoms with Gasteiger partial charge in [0.05, 0.1) is 6.20 Å². The third kappa shape index (κ3) is 2.29. The first-order valence-electron chi connectivity index (χ1n) is 4.54. The fourth-order valence-electron chi connectivity index (χ4n) is 1.09. The van der Waals surface area contributed by atoms with Gasteiger partial charge in [-0.25, -0.2) is 0 Å². The van der Waals surface area contributed by atoms with Crippen LogP contribution < -0.4 is 10.2 Å². The SMILES string of the molecule is O=c1cc(CO)occ1OCc1ccno1. The van der Waals surface area contributed by atoms with Crippen molar-refractivity contribution in [2.24, 2.45) is 0 Å². The quantitative estimate of drug-likeness (QED) is 0.821. The van der Waals surface area contributed by atoms with Crippen LogP contribution in [-0.2, 0) is 13.2 Å². The second kappa shape index (κ2) is 4.63. The Morgan fingerprint density at radius 2 is 2.31 bits per heavy atom. The van der Waals surface area contributed by atoms with Crippen molar-refractivity contribution in [2.75, 3.05) is 0 Å². The molecule has 0 unspecified atom stereocenters. The third-order valence-corrected chi connectivity index (χ3v) is 1.87. The fraction of sp³-hybridized carbons (Fsp3) is 0.200. The molecule has 0 aliphatic carbocycles. The van der Waals surface area contributed by atoms with Gasteiger partial charge in [0, 0.05) is 12.1 Å². The molecule has 6 heteroatoms. The normalized spacial score (nSPS) is 10.3. The number of rotatable bonds is 4. The van der Waals surface area contributed by atoms with Crippen LogP contribution in [0.5, 0.6) is 5.75 Å². The fourth-order valence-corrected chi connectivity index (χ4v) is 1.09. The molecule has 0 spiro atoms. The molecule has 6 nitrogen and oxygen atoms in total. The van der Waals surface area contributed by atoms with Crippen LogP contribution >= 0.6 is 0 Å². The highest BCUT2D eigenvalue weighted by molar-refractivity contribution is 5.17. The second-order valence-corrected chi connectivity index (χ2v) is 3.00. The maximum absolute atomic E-state index is 11.4. The molecule has 1 N–H and O–H groups in total. The van der Waals surface area contributed by atoms with E-state index in [1.807, 2.05) is 0 Å². The lowest BCUT2D eigenvalue weighted by Crippen LogP contribution is -2.07. The summed E-state index contributed by atoms with van der Waals surface area (Å²) in [4.78, 5) is 11.4. The summed E-state index contributed by atoms with van der Waals surface area (Å²) in [5, 5.41) is 12.2. The molecule has 0 saturated heterocycles. The molecule has 2 heterocycles. The molecule has 0 atom stereocenters. The zero-order chi connectivity index (χ0) is 11.4. The smallest absolute Gasteiger partial charge is 0.227 e. The van der Waals surface area contributed by atoms with E-state index in [4.69, 9.17) is 18.8 Å². The number of aliphatic hydroxyl groups excluding tert-OH is 1.